The third-order valence-electron chi connectivity index (χ3n) is 16.0. The summed E-state index contributed by atoms with van der Waals surface area (Å²) in [5, 5.41) is 5.84. The standard InChI is InChI=1S/C60H84FN5O10/c1-15-37(6)52(64(11)56(70)50(35(2)3)63-55(69)51(36(4)5)65(12)58(72)75-33-44-42-25-19-17-23-40(42)41-24-18-20-26-43(41)44)48(73-13)31-49(67)66-34-60(28-29-60)32-47(66)53(74-14)38(7)54(68)62-46(57(71)76-59(8,9)10)30-39-22-16-21-27-45(39)61/h16-27,35-38,44,46-48,50-53H,15,28-34H2,1-14H3,(H,62,68)(H,63,69)/t37?,38?,46?,47-,48?,50?,51?,52?,53?/m0/s1. The lowest BCUT2D eigenvalue weighted by Gasteiger charge is -2.41. The normalized spacial score (nSPS) is 18.9. The molecule has 1 heterocycles. The topological polar surface area (TPSA) is 173 Å². The molecule has 2 N–H and O–H groups in total. The molecule has 1 aliphatic heterocycles. The average Bonchev–Trinajstić information content (AvgIpc) is 3.92. The Labute approximate surface area is 450 Å². The van der Waals surface area contributed by atoms with Crippen molar-refractivity contribution < 1.29 is 52.1 Å². The Bertz CT molecular complexity index is 2500. The van der Waals surface area contributed by atoms with Gasteiger partial charge in [-0.2, -0.15) is 0 Å². The smallest absolute Gasteiger partial charge is 0.410 e. The minimum absolute atomic E-state index is 0.0850. The third-order valence-corrected chi connectivity index (χ3v) is 16.0. The SMILES string of the molecule is CCC(C)C(C(CC(=O)N1CC2(CC2)C[C@H]1C(OC)C(C)C(=O)NC(Cc1ccccc1F)C(=O)OC(C)(C)C)OC)N(C)C(=O)C(NC(=O)C(C(C)C)N(C)C(=O)OCC1c2ccccc2-c2ccccc21)C(C)C. The quantitative estimate of drug-likeness (QED) is 0.0877. The molecular formula is C60H84FN5O10. The fourth-order valence-electron chi connectivity index (χ4n) is 11.5. The highest BCUT2D eigenvalue weighted by molar-refractivity contribution is 5.92. The molecule has 5 amide bonds. The molecule has 6 rings (SSSR count). The number of nitrogens with zero attached hydrogens (tertiary/aromatic N) is 3. The lowest BCUT2D eigenvalue weighted by molar-refractivity contribution is -0.159. The second kappa shape index (κ2) is 25.1. The van der Waals surface area contributed by atoms with Crippen molar-refractivity contribution in [2.75, 3.05) is 41.5 Å². The van der Waals surface area contributed by atoms with Crippen LogP contribution in [0.4, 0.5) is 9.18 Å². The van der Waals surface area contributed by atoms with Crippen molar-refractivity contribution in [3.05, 3.63) is 95.3 Å². The molecule has 76 heavy (non-hydrogen) atoms. The number of carbonyl (C=O) groups excluding carboxylic acids is 6. The van der Waals surface area contributed by atoms with Gasteiger partial charge in [0.15, 0.2) is 0 Å². The molecule has 8 unspecified atom stereocenters. The first kappa shape index (κ1) is 59.4. The Morgan fingerprint density at radius 2 is 1.38 bits per heavy atom. The third kappa shape index (κ3) is 13.6. The van der Waals surface area contributed by atoms with E-state index in [1.165, 1.54) is 25.2 Å². The van der Waals surface area contributed by atoms with Crippen LogP contribution in [0.15, 0.2) is 72.8 Å². The summed E-state index contributed by atoms with van der Waals surface area (Å²) < 4.78 is 38.8. The molecule has 1 spiro atoms. The van der Waals surface area contributed by atoms with Crippen molar-refractivity contribution >= 4 is 35.7 Å². The Balaban J connectivity index is 1.15. The Morgan fingerprint density at radius 3 is 1.91 bits per heavy atom. The number of likely N-dealkylation sites (tertiary alicyclic amines) is 1. The molecule has 9 atom stereocenters. The van der Waals surface area contributed by atoms with Gasteiger partial charge in [-0.3, -0.25) is 24.1 Å². The van der Waals surface area contributed by atoms with Crippen molar-refractivity contribution in [1.29, 1.82) is 0 Å². The van der Waals surface area contributed by atoms with E-state index in [0.29, 0.717) is 19.4 Å². The Kier molecular flexibility index (Phi) is 19.6. The predicted molar refractivity (Wildman–Crippen MR) is 289 cm³/mol. The minimum atomic E-state index is -1.20. The molecule has 2 aliphatic carbocycles. The summed E-state index contributed by atoms with van der Waals surface area (Å²) in [7, 11) is 6.25. The number of methoxy groups -OCH3 is 2. The zero-order valence-corrected chi connectivity index (χ0v) is 47.3. The van der Waals surface area contributed by atoms with E-state index in [0.717, 1.165) is 35.1 Å². The van der Waals surface area contributed by atoms with Crippen LogP contribution in [-0.4, -0.2) is 140 Å². The van der Waals surface area contributed by atoms with Gasteiger partial charge in [-0.25, -0.2) is 14.0 Å². The number of rotatable bonds is 23. The summed E-state index contributed by atoms with van der Waals surface area (Å²) in [5.74, 6) is -4.69. The molecule has 3 aliphatic rings. The first-order valence-electron chi connectivity index (χ1n) is 27.1. The van der Waals surface area contributed by atoms with E-state index in [9.17, 15) is 33.2 Å². The maximum absolute atomic E-state index is 14.9. The summed E-state index contributed by atoms with van der Waals surface area (Å²) in [6.45, 7) is 18.8. The van der Waals surface area contributed by atoms with Crippen LogP contribution in [0.3, 0.4) is 0 Å². The number of ether oxygens (including phenoxy) is 4. The molecule has 0 aromatic heterocycles. The maximum atomic E-state index is 14.9. The van der Waals surface area contributed by atoms with Gasteiger partial charge < -0.3 is 39.4 Å². The van der Waals surface area contributed by atoms with Gasteiger partial charge in [-0.1, -0.05) is 122 Å². The van der Waals surface area contributed by atoms with Crippen molar-refractivity contribution in [3.63, 3.8) is 0 Å². The van der Waals surface area contributed by atoms with Crippen LogP contribution in [0, 0.1) is 34.9 Å². The van der Waals surface area contributed by atoms with Crippen molar-refractivity contribution in [3.8, 4) is 11.1 Å². The van der Waals surface area contributed by atoms with E-state index >= 15 is 0 Å². The Hall–Kier alpha value is -5.87. The summed E-state index contributed by atoms with van der Waals surface area (Å²) >= 11 is 0. The first-order chi connectivity index (χ1) is 35.9. The van der Waals surface area contributed by atoms with Crippen LogP contribution in [0.2, 0.25) is 0 Å². The lowest BCUT2D eigenvalue weighted by atomic mass is 9.89. The Morgan fingerprint density at radius 1 is 0.789 bits per heavy atom. The van der Waals surface area contributed by atoms with Crippen molar-refractivity contribution in [2.24, 2.45) is 29.1 Å². The van der Waals surface area contributed by atoms with E-state index < -0.39 is 83.6 Å². The fourth-order valence-corrected chi connectivity index (χ4v) is 11.5. The van der Waals surface area contributed by atoms with Gasteiger partial charge in [0, 0.05) is 47.2 Å². The molecule has 0 bridgehead atoms. The van der Waals surface area contributed by atoms with Crippen LogP contribution >= 0.6 is 0 Å². The molecule has 0 radical (unpaired) electrons. The van der Waals surface area contributed by atoms with Crippen LogP contribution in [0.5, 0.6) is 0 Å². The van der Waals surface area contributed by atoms with Crippen LogP contribution in [-0.2, 0) is 49.3 Å². The van der Waals surface area contributed by atoms with E-state index in [4.69, 9.17) is 18.9 Å². The average molecular weight is 1050 g/mol. The number of hydrogen-bond acceptors (Lipinski definition) is 10. The number of hydrogen-bond donors (Lipinski definition) is 2. The summed E-state index contributed by atoms with van der Waals surface area (Å²) in [5.41, 5.74) is 3.60. The highest BCUT2D eigenvalue weighted by Crippen LogP contribution is 2.56. The number of esters is 1. The van der Waals surface area contributed by atoms with Crippen LogP contribution in [0.25, 0.3) is 11.1 Å². The highest BCUT2D eigenvalue weighted by Gasteiger charge is 2.56. The zero-order chi connectivity index (χ0) is 56.0. The fraction of sp³-hybridized carbons (Fsp3) is 0.600. The van der Waals surface area contributed by atoms with E-state index in [2.05, 4.69) is 22.8 Å². The summed E-state index contributed by atoms with van der Waals surface area (Å²) in [6.07, 6.45) is 0.648. The van der Waals surface area contributed by atoms with Gasteiger partial charge in [-0.05, 0) is 97.1 Å². The van der Waals surface area contributed by atoms with Gasteiger partial charge in [0.1, 0.15) is 36.2 Å². The predicted octanol–water partition coefficient (Wildman–Crippen LogP) is 8.55. The van der Waals surface area contributed by atoms with Gasteiger partial charge in [-0.15, -0.1) is 0 Å². The van der Waals surface area contributed by atoms with Crippen molar-refractivity contribution in [1.82, 2.24) is 25.3 Å². The van der Waals surface area contributed by atoms with E-state index in [-0.39, 0.29) is 65.9 Å². The number of carbonyl (C=O) groups is 6. The molecule has 3 aromatic carbocycles. The highest BCUT2D eigenvalue weighted by atomic mass is 19.1. The summed E-state index contributed by atoms with van der Waals surface area (Å²) in [4.78, 5) is 90.4. The molecule has 1 saturated carbocycles. The van der Waals surface area contributed by atoms with Crippen LogP contribution in [0.1, 0.15) is 124 Å². The zero-order valence-electron chi connectivity index (χ0n) is 47.3. The lowest BCUT2D eigenvalue weighted by Crippen LogP contribution is -2.60. The molecule has 16 heteroatoms. The molecule has 2 fully saturated rings. The number of likely N-dealkylation sites (N-methyl/N-ethyl adjacent to an activating group) is 2. The molecule has 416 valence electrons. The number of benzene rings is 3. The van der Waals surface area contributed by atoms with Gasteiger partial charge >= 0.3 is 12.1 Å². The monoisotopic (exact) mass is 1050 g/mol. The van der Waals surface area contributed by atoms with Gasteiger partial charge in [0.05, 0.1) is 36.6 Å². The van der Waals surface area contributed by atoms with E-state index in [1.54, 1.807) is 69.8 Å². The molecule has 3 aromatic rings. The molecule has 15 nitrogen and oxygen atoms in total. The number of fused-ring (bicyclic) bond motifs is 3. The van der Waals surface area contributed by atoms with Crippen molar-refractivity contribution in [2.45, 2.75) is 162 Å². The number of nitrogens with one attached hydrogen (secondary N) is 2. The minimum Gasteiger partial charge on any atom is -0.458 e. The first-order valence-corrected chi connectivity index (χ1v) is 27.1. The second-order valence-electron chi connectivity index (χ2n) is 23.3. The maximum Gasteiger partial charge on any atom is 0.410 e. The molecular weight excluding hydrogens is 970 g/mol. The number of amides is 5. The van der Waals surface area contributed by atoms with Gasteiger partial charge in [0.25, 0.3) is 0 Å². The summed E-state index contributed by atoms with van der Waals surface area (Å²) in [6, 6.07) is 17.9. The van der Waals surface area contributed by atoms with Gasteiger partial charge in [0.2, 0.25) is 23.6 Å². The van der Waals surface area contributed by atoms with Crippen LogP contribution < -0.4 is 10.6 Å². The largest absolute Gasteiger partial charge is 0.458 e. The molecule has 1 saturated heterocycles. The second-order valence-corrected chi connectivity index (χ2v) is 23.3. The number of halogens is 1. The van der Waals surface area contributed by atoms with E-state index in [1.807, 2.05) is 77.9 Å².